The third kappa shape index (κ3) is 2.02. The normalized spacial score (nSPS) is 24.9. The third-order valence-electron chi connectivity index (χ3n) is 2.65. The standard InChI is InChI=1S/C10H14BrNO2/c11-8-3-5-14-10(8)9(12)7-2-1-4-13-6-7/h3,5,7,9H,1-2,4,6,12H2. The van der Waals surface area contributed by atoms with Gasteiger partial charge < -0.3 is 14.9 Å². The smallest absolute Gasteiger partial charge is 0.134 e. The molecule has 0 amide bonds. The van der Waals surface area contributed by atoms with Crippen LogP contribution < -0.4 is 5.73 Å². The molecule has 1 aliphatic rings. The van der Waals surface area contributed by atoms with Crippen molar-refractivity contribution < 1.29 is 9.15 Å². The van der Waals surface area contributed by atoms with E-state index in [2.05, 4.69) is 15.9 Å². The zero-order chi connectivity index (χ0) is 9.97. The SMILES string of the molecule is NC(c1occc1Br)C1CCCOC1. The van der Waals surface area contributed by atoms with E-state index >= 15 is 0 Å². The van der Waals surface area contributed by atoms with Crippen molar-refractivity contribution in [3.63, 3.8) is 0 Å². The Morgan fingerprint density at radius 3 is 3.00 bits per heavy atom. The molecule has 4 heteroatoms. The second-order valence-electron chi connectivity index (χ2n) is 3.64. The van der Waals surface area contributed by atoms with E-state index in [-0.39, 0.29) is 6.04 Å². The summed E-state index contributed by atoms with van der Waals surface area (Å²) in [7, 11) is 0. The van der Waals surface area contributed by atoms with Crippen molar-refractivity contribution in [1.82, 2.24) is 0 Å². The second kappa shape index (κ2) is 4.47. The van der Waals surface area contributed by atoms with Crippen LogP contribution in [0.5, 0.6) is 0 Å². The third-order valence-corrected chi connectivity index (χ3v) is 3.31. The molecule has 3 nitrogen and oxygen atoms in total. The van der Waals surface area contributed by atoms with E-state index in [1.807, 2.05) is 6.07 Å². The summed E-state index contributed by atoms with van der Waals surface area (Å²) in [6.45, 7) is 1.61. The number of furan rings is 1. The number of nitrogens with two attached hydrogens (primary N) is 1. The fourth-order valence-corrected chi connectivity index (χ4v) is 2.27. The average molecular weight is 260 g/mol. The van der Waals surface area contributed by atoms with E-state index < -0.39 is 0 Å². The lowest BCUT2D eigenvalue weighted by Crippen LogP contribution is -2.28. The van der Waals surface area contributed by atoms with Gasteiger partial charge in [0.05, 0.1) is 23.4 Å². The fraction of sp³-hybridized carbons (Fsp3) is 0.600. The molecule has 1 aromatic heterocycles. The van der Waals surface area contributed by atoms with Crippen LogP contribution >= 0.6 is 15.9 Å². The first-order chi connectivity index (χ1) is 6.79. The summed E-state index contributed by atoms with van der Waals surface area (Å²) in [6, 6.07) is 1.82. The van der Waals surface area contributed by atoms with Crippen LogP contribution in [0.3, 0.4) is 0 Å². The maximum absolute atomic E-state index is 6.11. The molecule has 1 aliphatic heterocycles. The molecule has 0 spiro atoms. The molecule has 1 aromatic rings. The molecule has 0 aromatic carbocycles. The minimum Gasteiger partial charge on any atom is -0.466 e. The number of ether oxygens (including phenoxy) is 1. The highest BCUT2D eigenvalue weighted by atomic mass is 79.9. The molecule has 14 heavy (non-hydrogen) atoms. The van der Waals surface area contributed by atoms with Gasteiger partial charge in [-0.05, 0) is 34.8 Å². The molecule has 0 saturated carbocycles. The van der Waals surface area contributed by atoms with Crippen molar-refractivity contribution in [2.45, 2.75) is 18.9 Å². The first-order valence-corrected chi connectivity index (χ1v) is 5.64. The van der Waals surface area contributed by atoms with E-state index in [9.17, 15) is 0 Å². The van der Waals surface area contributed by atoms with Crippen molar-refractivity contribution in [2.75, 3.05) is 13.2 Å². The summed E-state index contributed by atoms with van der Waals surface area (Å²) < 4.78 is 11.7. The highest BCUT2D eigenvalue weighted by Crippen LogP contribution is 2.31. The van der Waals surface area contributed by atoms with E-state index in [0.717, 1.165) is 36.3 Å². The van der Waals surface area contributed by atoms with Gasteiger partial charge in [0, 0.05) is 12.5 Å². The molecule has 2 rings (SSSR count). The van der Waals surface area contributed by atoms with Gasteiger partial charge in [0.15, 0.2) is 0 Å². The molecular weight excluding hydrogens is 246 g/mol. The number of hydrogen-bond donors (Lipinski definition) is 1. The molecule has 78 valence electrons. The van der Waals surface area contributed by atoms with Gasteiger partial charge in [-0.2, -0.15) is 0 Å². The average Bonchev–Trinajstić information content (AvgIpc) is 2.65. The number of rotatable bonds is 2. The minimum absolute atomic E-state index is 0.0559. The van der Waals surface area contributed by atoms with E-state index in [4.69, 9.17) is 14.9 Å². The lowest BCUT2D eigenvalue weighted by Gasteiger charge is -2.26. The molecule has 0 radical (unpaired) electrons. The predicted octanol–water partition coefficient (Wildman–Crippen LogP) is 2.47. The van der Waals surface area contributed by atoms with Crippen LogP contribution in [0.25, 0.3) is 0 Å². The maximum atomic E-state index is 6.11. The van der Waals surface area contributed by atoms with Gasteiger partial charge in [-0.15, -0.1) is 0 Å². The van der Waals surface area contributed by atoms with E-state index in [1.165, 1.54) is 0 Å². The first kappa shape index (κ1) is 10.2. The molecule has 2 heterocycles. The second-order valence-corrected chi connectivity index (χ2v) is 4.49. The predicted molar refractivity (Wildman–Crippen MR) is 56.9 cm³/mol. The molecule has 2 atom stereocenters. The molecular formula is C10H14BrNO2. The molecule has 0 aliphatic carbocycles. The van der Waals surface area contributed by atoms with Crippen LogP contribution in [0.15, 0.2) is 21.2 Å². The first-order valence-electron chi connectivity index (χ1n) is 4.85. The minimum atomic E-state index is -0.0559. The quantitative estimate of drug-likeness (QED) is 0.888. The Morgan fingerprint density at radius 1 is 1.57 bits per heavy atom. The fourth-order valence-electron chi connectivity index (χ4n) is 1.81. The Bertz CT molecular complexity index is 294. The molecule has 1 saturated heterocycles. The van der Waals surface area contributed by atoms with Crippen LogP contribution in [0.1, 0.15) is 24.6 Å². The summed E-state index contributed by atoms with van der Waals surface area (Å²) in [5.74, 6) is 1.21. The summed E-state index contributed by atoms with van der Waals surface area (Å²) in [5.41, 5.74) is 6.11. The van der Waals surface area contributed by atoms with E-state index in [1.54, 1.807) is 6.26 Å². The van der Waals surface area contributed by atoms with Gasteiger partial charge in [0.2, 0.25) is 0 Å². The topological polar surface area (TPSA) is 48.4 Å². The van der Waals surface area contributed by atoms with Crippen molar-refractivity contribution >= 4 is 15.9 Å². The summed E-state index contributed by atoms with van der Waals surface area (Å²) in [4.78, 5) is 0. The number of hydrogen-bond acceptors (Lipinski definition) is 3. The summed E-state index contributed by atoms with van der Waals surface area (Å²) in [6.07, 6.45) is 3.87. The highest BCUT2D eigenvalue weighted by Gasteiger charge is 2.25. The van der Waals surface area contributed by atoms with Crippen molar-refractivity contribution in [1.29, 1.82) is 0 Å². The van der Waals surface area contributed by atoms with Gasteiger partial charge in [-0.1, -0.05) is 0 Å². The highest BCUT2D eigenvalue weighted by molar-refractivity contribution is 9.10. The van der Waals surface area contributed by atoms with Crippen molar-refractivity contribution in [3.05, 3.63) is 22.6 Å². The molecule has 0 bridgehead atoms. The lowest BCUT2D eigenvalue weighted by molar-refractivity contribution is 0.0418. The lowest BCUT2D eigenvalue weighted by atomic mass is 9.93. The van der Waals surface area contributed by atoms with Crippen LogP contribution in [-0.2, 0) is 4.74 Å². The van der Waals surface area contributed by atoms with Crippen LogP contribution in [0.2, 0.25) is 0 Å². The summed E-state index contributed by atoms with van der Waals surface area (Å²) >= 11 is 3.42. The monoisotopic (exact) mass is 259 g/mol. The van der Waals surface area contributed by atoms with Crippen molar-refractivity contribution in [2.24, 2.45) is 11.7 Å². The van der Waals surface area contributed by atoms with Gasteiger partial charge in [0.25, 0.3) is 0 Å². The summed E-state index contributed by atoms with van der Waals surface area (Å²) in [5, 5.41) is 0. The molecule has 2 unspecified atom stereocenters. The molecule has 1 fully saturated rings. The molecule has 2 N–H and O–H groups in total. The Morgan fingerprint density at radius 2 is 2.43 bits per heavy atom. The Kier molecular flexibility index (Phi) is 3.26. The Labute approximate surface area is 91.7 Å². The van der Waals surface area contributed by atoms with Crippen LogP contribution in [0, 0.1) is 5.92 Å². The Balaban J connectivity index is 2.07. The zero-order valence-electron chi connectivity index (χ0n) is 7.91. The zero-order valence-corrected chi connectivity index (χ0v) is 9.50. The van der Waals surface area contributed by atoms with Gasteiger partial charge in [-0.25, -0.2) is 0 Å². The van der Waals surface area contributed by atoms with Gasteiger partial charge in [0.1, 0.15) is 5.76 Å². The Hall–Kier alpha value is -0.320. The number of halogens is 1. The van der Waals surface area contributed by atoms with Crippen molar-refractivity contribution in [3.8, 4) is 0 Å². The van der Waals surface area contributed by atoms with Gasteiger partial charge >= 0.3 is 0 Å². The largest absolute Gasteiger partial charge is 0.466 e. The van der Waals surface area contributed by atoms with Crippen LogP contribution in [-0.4, -0.2) is 13.2 Å². The van der Waals surface area contributed by atoms with Gasteiger partial charge in [-0.3, -0.25) is 0 Å². The van der Waals surface area contributed by atoms with E-state index in [0.29, 0.717) is 5.92 Å². The maximum Gasteiger partial charge on any atom is 0.134 e. The van der Waals surface area contributed by atoms with Crippen LogP contribution in [0.4, 0.5) is 0 Å².